The van der Waals surface area contributed by atoms with Gasteiger partial charge in [-0.25, -0.2) is 0 Å². The van der Waals surface area contributed by atoms with E-state index in [0.717, 1.165) is 18.7 Å². The molecule has 1 aliphatic rings. The van der Waals surface area contributed by atoms with E-state index < -0.39 is 0 Å². The Morgan fingerprint density at radius 1 is 1.17 bits per heavy atom. The fraction of sp³-hybridized carbons (Fsp3) is 0.818. The zero-order valence-electron chi connectivity index (χ0n) is 7.61. The van der Waals surface area contributed by atoms with Crippen LogP contribution in [0.4, 0.5) is 0 Å². The van der Waals surface area contributed by atoms with E-state index in [-0.39, 0.29) is 0 Å². The maximum atomic E-state index is 5.56. The normalized spacial score (nSPS) is 18.4. The number of hydrogen-bond acceptors (Lipinski definition) is 0. The van der Waals surface area contributed by atoms with Crippen molar-refractivity contribution in [2.45, 2.75) is 44.9 Å². The molecule has 0 atom stereocenters. The van der Waals surface area contributed by atoms with Crippen LogP contribution in [-0.4, -0.2) is 5.88 Å². The molecular weight excluding hydrogens is 168 g/mol. The summed E-state index contributed by atoms with van der Waals surface area (Å²) in [5.41, 5.74) is 0. The zero-order chi connectivity index (χ0) is 8.65. The molecule has 1 heteroatoms. The largest absolute Gasteiger partial charge is 0.127 e. The number of unbranched alkanes of at least 4 members (excludes halogenated alkanes) is 1. The molecule has 1 saturated carbocycles. The van der Waals surface area contributed by atoms with Gasteiger partial charge in [-0.1, -0.05) is 25.2 Å². The molecular formula is C11H17Cl. The van der Waals surface area contributed by atoms with Crippen molar-refractivity contribution in [1.82, 2.24) is 0 Å². The lowest BCUT2D eigenvalue weighted by Crippen LogP contribution is -2.02. The van der Waals surface area contributed by atoms with Crippen LogP contribution in [0.15, 0.2) is 0 Å². The molecule has 0 aromatic heterocycles. The Bertz CT molecular complexity index is 158. The Balaban J connectivity index is 2.13. The molecule has 0 saturated heterocycles. The van der Waals surface area contributed by atoms with Gasteiger partial charge in [0.05, 0.1) is 0 Å². The minimum absolute atomic E-state index is 0.703. The standard InChI is InChI=1S/C11H17Cl/c12-10-6-2-5-9-11-7-3-1-4-8-11/h11H,1-4,6-8,10H2. The highest BCUT2D eigenvalue weighted by Crippen LogP contribution is 2.22. The van der Waals surface area contributed by atoms with Crippen LogP contribution < -0.4 is 0 Å². The van der Waals surface area contributed by atoms with Gasteiger partial charge >= 0.3 is 0 Å². The van der Waals surface area contributed by atoms with Crippen LogP contribution in [0.2, 0.25) is 0 Å². The highest BCUT2D eigenvalue weighted by Gasteiger charge is 2.09. The first kappa shape index (κ1) is 9.93. The molecule has 0 nitrogen and oxygen atoms in total. The first-order valence-electron chi connectivity index (χ1n) is 4.98. The van der Waals surface area contributed by atoms with Crippen molar-refractivity contribution in [2.75, 3.05) is 5.88 Å². The van der Waals surface area contributed by atoms with Crippen LogP contribution in [0.5, 0.6) is 0 Å². The molecule has 0 N–H and O–H groups in total. The van der Waals surface area contributed by atoms with Crippen molar-refractivity contribution in [2.24, 2.45) is 5.92 Å². The van der Waals surface area contributed by atoms with E-state index in [0.29, 0.717) is 5.92 Å². The SMILES string of the molecule is ClCCCC#CC1CCCCC1. The predicted molar refractivity (Wildman–Crippen MR) is 54.3 cm³/mol. The van der Waals surface area contributed by atoms with Crippen LogP contribution in [0.25, 0.3) is 0 Å². The van der Waals surface area contributed by atoms with Gasteiger partial charge in [0, 0.05) is 18.2 Å². The lowest BCUT2D eigenvalue weighted by atomic mass is 9.90. The lowest BCUT2D eigenvalue weighted by Gasteiger charge is -2.15. The maximum absolute atomic E-state index is 5.56. The van der Waals surface area contributed by atoms with Gasteiger partial charge in [-0.05, 0) is 19.3 Å². The molecule has 1 aliphatic carbocycles. The third-order valence-electron chi connectivity index (χ3n) is 2.35. The third kappa shape index (κ3) is 4.02. The molecule has 0 unspecified atom stereocenters. The second-order valence-electron chi connectivity index (χ2n) is 3.45. The predicted octanol–water partition coefficient (Wildman–Crippen LogP) is 3.59. The van der Waals surface area contributed by atoms with Crippen molar-refractivity contribution < 1.29 is 0 Å². The van der Waals surface area contributed by atoms with Gasteiger partial charge in [0.15, 0.2) is 0 Å². The summed E-state index contributed by atoms with van der Waals surface area (Å²) in [6.07, 6.45) is 8.87. The van der Waals surface area contributed by atoms with Crippen LogP contribution in [0, 0.1) is 17.8 Å². The molecule has 0 amide bonds. The van der Waals surface area contributed by atoms with Crippen molar-refractivity contribution in [3.8, 4) is 11.8 Å². The van der Waals surface area contributed by atoms with Gasteiger partial charge in [-0.15, -0.1) is 17.5 Å². The molecule has 0 aromatic carbocycles. The summed E-state index contributed by atoms with van der Waals surface area (Å²) >= 11 is 5.56. The summed E-state index contributed by atoms with van der Waals surface area (Å²) in [7, 11) is 0. The van der Waals surface area contributed by atoms with Crippen molar-refractivity contribution >= 4 is 11.6 Å². The van der Waals surface area contributed by atoms with E-state index in [9.17, 15) is 0 Å². The van der Waals surface area contributed by atoms with Gasteiger partial charge in [0.25, 0.3) is 0 Å². The summed E-state index contributed by atoms with van der Waals surface area (Å²) in [4.78, 5) is 0. The average Bonchev–Trinajstić information content (AvgIpc) is 2.14. The van der Waals surface area contributed by atoms with Gasteiger partial charge in [-0.2, -0.15) is 0 Å². The van der Waals surface area contributed by atoms with E-state index in [1.807, 2.05) is 0 Å². The summed E-state index contributed by atoms with van der Waals surface area (Å²) in [6, 6.07) is 0. The number of rotatable bonds is 2. The third-order valence-corrected chi connectivity index (χ3v) is 2.61. The molecule has 0 heterocycles. The number of halogens is 1. The molecule has 1 rings (SSSR count). The van der Waals surface area contributed by atoms with E-state index in [2.05, 4.69) is 11.8 Å². The maximum Gasteiger partial charge on any atom is 0.0232 e. The van der Waals surface area contributed by atoms with Crippen molar-refractivity contribution in [3.05, 3.63) is 0 Å². The summed E-state index contributed by atoms with van der Waals surface area (Å²) in [5.74, 6) is 8.02. The average molecular weight is 185 g/mol. The van der Waals surface area contributed by atoms with E-state index in [1.165, 1.54) is 32.1 Å². The fourth-order valence-corrected chi connectivity index (χ4v) is 1.75. The van der Waals surface area contributed by atoms with Crippen LogP contribution in [0.1, 0.15) is 44.9 Å². The van der Waals surface area contributed by atoms with E-state index in [1.54, 1.807) is 0 Å². The van der Waals surface area contributed by atoms with Gasteiger partial charge in [-0.3, -0.25) is 0 Å². The van der Waals surface area contributed by atoms with Crippen molar-refractivity contribution in [1.29, 1.82) is 0 Å². The first-order chi connectivity index (χ1) is 5.93. The van der Waals surface area contributed by atoms with E-state index in [4.69, 9.17) is 11.6 Å². The number of hydrogen-bond donors (Lipinski definition) is 0. The second-order valence-corrected chi connectivity index (χ2v) is 3.83. The Hall–Kier alpha value is -0.150. The smallest absolute Gasteiger partial charge is 0.0232 e. The molecule has 0 spiro atoms. The molecule has 0 radical (unpaired) electrons. The van der Waals surface area contributed by atoms with Gasteiger partial charge < -0.3 is 0 Å². The molecule has 1 fully saturated rings. The summed E-state index contributed by atoms with van der Waals surface area (Å²) in [5, 5.41) is 0. The Morgan fingerprint density at radius 3 is 2.58 bits per heavy atom. The Kier molecular flexibility index (Phi) is 5.28. The Labute approximate surface area is 80.7 Å². The van der Waals surface area contributed by atoms with Gasteiger partial charge in [0.1, 0.15) is 0 Å². The minimum Gasteiger partial charge on any atom is -0.127 e. The minimum atomic E-state index is 0.703. The monoisotopic (exact) mass is 184 g/mol. The van der Waals surface area contributed by atoms with E-state index >= 15 is 0 Å². The zero-order valence-corrected chi connectivity index (χ0v) is 8.37. The van der Waals surface area contributed by atoms with Crippen LogP contribution in [-0.2, 0) is 0 Å². The fourth-order valence-electron chi connectivity index (χ4n) is 1.62. The molecule has 68 valence electrons. The highest BCUT2D eigenvalue weighted by atomic mass is 35.5. The molecule has 12 heavy (non-hydrogen) atoms. The molecule has 0 aliphatic heterocycles. The van der Waals surface area contributed by atoms with Gasteiger partial charge in [0.2, 0.25) is 0 Å². The second kappa shape index (κ2) is 6.38. The van der Waals surface area contributed by atoms with Crippen molar-refractivity contribution in [3.63, 3.8) is 0 Å². The topological polar surface area (TPSA) is 0 Å². The first-order valence-corrected chi connectivity index (χ1v) is 5.51. The van der Waals surface area contributed by atoms with Crippen LogP contribution in [0.3, 0.4) is 0 Å². The highest BCUT2D eigenvalue weighted by molar-refractivity contribution is 6.17. The summed E-state index contributed by atoms with van der Waals surface area (Å²) < 4.78 is 0. The molecule has 0 bridgehead atoms. The molecule has 0 aromatic rings. The lowest BCUT2D eigenvalue weighted by molar-refractivity contribution is 0.430. The summed E-state index contributed by atoms with van der Waals surface area (Å²) in [6.45, 7) is 0. The number of alkyl halides is 1. The van der Waals surface area contributed by atoms with Crippen LogP contribution >= 0.6 is 11.6 Å². The Morgan fingerprint density at radius 2 is 1.92 bits per heavy atom. The quantitative estimate of drug-likeness (QED) is 0.350.